The smallest absolute Gasteiger partial charge is 0.258 e. The third kappa shape index (κ3) is 1.85. The van der Waals surface area contributed by atoms with Crippen molar-refractivity contribution in [3.05, 3.63) is 33.6 Å². The van der Waals surface area contributed by atoms with Crippen LogP contribution in [0.15, 0.2) is 12.3 Å². The minimum Gasteiger partial charge on any atom is -0.258 e. The number of hydrogen-bond acceptors (Lipinski definition) is 4. The van der Waals surface area contributed by atoms with Gasteiger partial charge in [-0.1, -0.05) is 13.3 Å². The number of nitrogens with zero attached hydrogens (tertiary/aromatic N) is 3. The lowest BCUT2D eigenvalue weighted by molar-refractivity contribution is -0.386. The second-order valence-corrected chi connectivity index (χ2v) is 2.79. The largest absolute Gasteiger partial charge is 0.308 e. The molecule has 1 heterocycles. The molecule has 72 valence electrons. The first-order chi connectivity index (χ1) is 6.70. The summed E-state index contributed by atoms with van der Waals surface area (Å²) in [6.07, 6.45) is 2.82. The quantitative estimate of drug-likeness (QED) is 0.539. The van der Waals surface area contributed by atoms with E-state index in [4.69, 9.17) is 5.26 Å². The molecule has 0 fully saturated rings. The zero-order valence-corrected chi connectivity index (χ0v) is 7.73. The van der Waals surface area contributed by atoms with Gasteiger partial charge in [0.05, 0.1) is 4.92 Å². The first-order valence-electron chi connectivity index (χ1n) is 4.23. The predicted molar refractivity (Wildman–Crippen MR) is 49.6 cm³/mol. The van der Waals surface area contributed by atoms with E-state index in [-0.39, 0.29) is 11.4 Å². The minimum atomic E-state index is -0.545. The fourth-order valence-corrected chi connectivity index (χ4v) is 1.25. The summed E-state index contributed by atoms with van der Waals surface area (Å²) in [6, 6.07) is 3.31. The maximum atomic E-state index is 10.7. The number of nitriles is 1. The van der Waals surface area contributed by atoms with Crippen molar-refractivity contribution in [1.82, 2.24) is 4.98 Å². The Kier molecular flexibility index (Phi) is 3.13. The zero-order valence-electron chi connectivity index (χ0n) is 7.73. The van der Waals surface area contributed by atoms with Crippen LogP contribution < -0.4 is 0 Å². The van der Waals surface area contributed by atoms with E-state index in [2.05, 4.69) is 4.98 Å². The number of rotatable bonds is 3. The van der Waals surface area contributed by atoms with Gasteiger partial charge in [-0.3, -0.25) is 10.1 Å². The third-order valence-corrected chi connectivity index (χ3v) is 1.82. The lowest BCUT2D eigenvalue weighted by Gasteiger charge is -2.00. The Morgan fingerprint density at radius 3 is 2.93 bits per heavy atom. The number of pyridine rings is 1. The van der Waals surface area contributed by atoms with E-state index >= 15 is 0 Å². The first kappa shape index (κ1) is 10.1. The third-order valence-electron chi connectivity index (χ3n) is 1.82. The Morgan fingerprint density at radius 2 is 2.43 bits per heavy atom. The summed E-state index contributed by atoms with van der Waals surface area (Å²) in [5, 5.41) is 19.3. The van der Waals surface area contributed by atoms with Crippen LogP contribution in [0.3, 0.4) is 0 Å². The van der Waals surface area contributed by atoms with Crippen molar-refractivity contribution < 1.29 is 4.92 Å². The average Bonchev–Trinajstić information content (AvgIpc) is 2.17. The molecule has 0 saturated heterocycles. The van der Waals surface area contributed by atoms with Gasteiger partial charge in [0.1, 0.15) is 6.07 Å². The van der Waals surface area contributed by atoms with E-state index in [0.29, 0.717) is 12.0 Å². The molecule has 0 aliphatic carbocycles. The maximum Gasteiger partial charge on any atom is 0.308 e. The molecule has 0 aromatic carbocycles. The monoisotopic (exact) mass is 191 g/mol. The highest BCUT2D eigenvalue weighted by Gasteiger charge is 2.19. The van der Waals surface area contributed by atoms with Crippen LogP contribution in [0.4, 0.5) is 5.69 Å². The van der Waals surface area contributed by atoms with Gasteiger partial charge >= 0.3 is 5.69 Å². The number of nitro groups is 1. The minimum absolute atomic E-state index is 0.110. The molecule has 0 bridgehead atoms. The average molecular weight is 191 g/mol. The van der Waals surface area contributed by atoms with Gasteiger partial charge in [-0.15, -0.1) is 0 Å². The van der Waals surface area contributed by atoms with Crippen LogP contribution in [0.5, 0.6) is 0 Å². The predicted octanol–water partition coefficient (Wildman–Crippen LogP) is 1.81. The number of aryl methyl sites for hydroxylation is 1. The number of aromatic nitrogens is 1. The summed E-state index contributed by atoms with van der Waals surface area (Å²) in [5.74, 6) is 0. The van der Waals surface area contributed by atoms with Crippen LogP contribution in [0.2, 0.25) is 0 Å². The first-order valence-corrected chi connectivity index (χ1v) is 4.23. The summed E-state index contributed by atoms with van der Waals surface area (Å²) in [7, 11) is 0. The lowest BCUT2D eigenvalue weighted by atomic mass is 10.1. The second-order valence-electron chi connectivity index (χ2n) is 2.79. The molecule has 0 saturated carbocycles. The van der Waals surface area contributed by atoms with Crippen molar-refractivity contribution in [2.75, 3.05) is 0 Å². The molecule has 0 aliphatic rings. The normalized spacial score (nSPS) is 9.43. The SMILES string of the molecule is CCCc1ccnc(C#N)c1[N+](=O)[O-]. The Labute approximate surface area is 81.2 Å². The van der Waals surface area contributed by atoms with Crippen molar-refractivity contribution in [3.8, 4) is 6.07 Å². The lowest BCUT2D eigenvalue weighted by Crippen LogP contribution is -2.00. The van der Waals surface area contributed by atoms with Crippen molar-refractivity contribution in [3.63, 3.8) is 0 Å². The molecular formula is C9H9N3O2. The molecule has 1 aromatic heterocycles. The summed E-state index contributed by atoms with van der Waals surface area (Å²) in [5.41, 5.74) is 0.307. The van der Waals surface area contributed by atoms with Crippen LogP contribution in [-0.4, -0.2) is 9.91 Å². The van der Waals surface area contributed by atoms with Crippen LogP contribution in [0.25, 0.3) is 0 Å². The topological polar surface area (TPSA) is 79.8 Å². The standard InChI is InChI=1S/C9H9N3O2/c1-2-3-7-4-5-11-8(6-10)9(7)12(13)14/h4-5H,2-3H2,1H3. The van der Waals surface area contributed by atoms with E-state index in [1.165, 1.54) is 6.20 Å². The molecule has 0 radical (unpaired) electrons. The van der Waals surface area contributed by atoms with Crippen LogP contribution in [0.1, 0.15) is 24.6 Å². The summed E-state index contributed by atoms with van der Waals surface area (Å²) in [6.45, 7) is 1.93. The second kappa shape index (κ2) is 4.33. The zero-order chi connectivity index (χ0) is 10.6. The van der Waals surface area contributed by atoms with E-state index in [1.54, 1.807) is 12.1 Å². The van der Waals surface area contributed by atoms with Gasteiger partial charge in [0, 0.05) is 11.8 Å². The van der Waals surface area contributed by atoms with Crippen molar-refractivity contribution in [2.24, 2.45) is 0 Å². The Hall–Kier alpha value is -1.96. The highest BCUT2D eigenvalue weighted by atomic mass is 16.6. The molecule has 0 N–H and O–H groups in total. The van der Waals surface area contributed by atoms with Crippen LogP contribution in [-0.2, 0) is 6.42 Å². The molecule has 0 unspecified atom stereocenters. The molecule has 5 nitrogen and oxygen atoms in total. The van der Waals surface area contributed by atoms with Crippen LogP contribution >= 0.6 is 0 Å². The van der Waals surface area contributed by atoms with Crippen molar-refractivity contribution >= 4 is 5.69 Å². The van der Waals surface area contributed by atoms with E-state index in [0.717, 1.165) is 6.42 Å². The fourth-order valence-electron chi connectivity index (χ4n) is 1.25. The van der Waals surface area contributed by atoms with E-state index < -0.39 is 4.92 Å². The molecule has 14 heavy (non-hydrogen) atoms. The van der Waals surface area contributed by atoms with Gasteiger partial charge in [-0.05, 0) is 12.5 Å². The van der Waals surface area contributed by atoms with Gasteiger partial charge in [-0.2, -0.15) is 5.26 Å². The molecule has 0 amide bonds. The van der Waals surface area contributed by atoms with Gasteiger partial charge in [0.2, 0.25) is 5.69 Å². The molecule has 0 atom stereocenters. The Balaban J connectivity index is 3.30. The Morgan fingerprint density at radius 1 is 1.71 bits per heavy atom. The van der Waals surface area contributed by atoms with Gasteiger partial charge in [0.15, 0.2) is 0 Å². The highest BCUT2D eigenvalue weighted by molar-refractivity contribution is 5.49. The fraction of sp³-hybridized carbons (Fsp3) is 0.333. The molecule has 5 heteroatoms. The molecule has 0 spiro atoms. The van der Waals surface area contributed by atoms with Crippen LogP contribution in [0, 0.1) is 21.4 Å². The van der Waals surface area contributed by atoms with E-state index in [9.17, 15) is 10.1 Å². The van der Waals surface area contributed by atoms with Gasteiger partial charge < -0.3 is 0 Å². The molecule has 1 rings (SSSR count). The molecule has 0 aliphatic heterocycles. The van der Waals surface area contributed by atoms with Crippen molar-refractivity contribution in [2.45, 2.75) is 19.8 Å². The van der Waals surface area contributed by atoms with Crippen molar-refractivity contribution in [1.29, 1.82) is 5.26 Å². The summed E-state index contributed by atoms with van der Waals surface area (Å²) < 4.78 is 0. The maximum absolute atomic E-state index is 10.7. The van der Waals surface area contributed by atoms with E-state index in [1.807, 2.05) is 6.92 Å². The van der Waals surface area contributed by atoms with Gasteiger partial charge in [-0.25, -0.2) is 4.98 Å². The highest BCUT2D eigenvalue weighted by Crippen LogP contribution is 2.22. The van der Waals surface area contributed by atoms with Gasteiger partial charge in [0.25, 0.3) is 0 Å². The summed E-state index contributed by atoms with van der Waals surface area (Å²) in [4.78, 5) is 13.8. The molecular weight excluding hydrogens is 182 g/mol. The summed E-state index contributed by atoms with van der Waals surface area (Å²) >= 11 is 0. The Bertz CT molecular complexity index is 396. The number of hydrogen-bond donors (Lipinski definition) is 0. The molecule has 1 aromatic rings.